The van der Waals surface area contributed by atoms with E-state index in [0.29, 0.717) is 30.5 Å². The summed E-state index contributed by atoms with van der Waals surface area (Å²) in [4.78, 5) is 12.4. The van der Waals surface area contributed by atoms with Crippen molar-refractivity contribution >= 4 is 11.9 Å². The number of nitrogens with one attached hydrogen (secondary N) is 1. The first kappa shape index (κ1) is 13.8. The SMILES string of the molecule is CCCOc1nc(N)nc(NC2CCCCC2C)n1. The van der Waals surface area contributed by atoms with Crippen molar-refractivity contribution in [1.29, 1.82) is 0 Å². The molecule has 19 heavy (non-hydrogen) atoms. The molecule has 2 atom stereocenters. The largest absolute Gasteiger partial charge is 0.463 e. The second-order valence-electron chi connectivity index (χ2n) is 5.16. The Bertz CT molecular complexity index is 412. The predicted molar refractivity (Wildman–Crippen MR) is 75.1 cm³/mol. The molecule has 2 unspecified atom stereocenters. The normalized spacial score (nSPS) is 23.1. The zero-order chi connectivity index (χ0) is 13.7. The lowest BCUT2D eigenvalue weighted by atomic mass is 9.86. The second-order valence-corrected chi connectivity index (χ2v) is 5.16. The summed E-state index contributed by atoms with van der Waals surface area (Å²) < 4.78 is 5.41. The molecule has 0 amide bonds. The van der Waals surface area contributed by atoms with Crippen LogP contribution in [0.1, 0.15) is 46.0 Å². The van der Waals surface area contributed by atoms with Crippen molar-refractivity contribution in [2.24, 2.45) is 5.92 Å². The van der Waals surface area contributed by atoms with Gasteiger partial charge in [0.2, 0.25) is 11.9 Å². The summed E-state index contributed by atoms with van der Waals surface area (Å²) in [7, 11) is 0. The van der Waals surface area contributed by atoms with E-state index in [-0.39, 0.29) is 5.95 Å². The summed E-state index contributed by atoms with van der Waals surface area (Å²) in [6.07, 6.45) is 5.87. The Morgan fingerprint density at radius 3 is 2.79 bits per heavy atom. The molecule has 1 saturated carbocycles. The van der Waals surface area contributed by atoms with E-state index in [2.05, 4.69) is 27.2 Å². The van der Waals surface area contributed by atoms with E-state index in [1.807, 2.05) is 6.92 Å². The summed E-state index contributed by atoms with van der Waals surface area (Å²) in [5.41, 5.74) is 5.69. The van der Waals surface area contributed by atoms with E-state index in [9.17, 15) is 0 Å². The van der Waals surface area contributed by atoms with Gasteiger partial charge in [0.15, 0.2) is 0 Å². The van der Waals surface area contributed by atoms with Gasteiger partial charge in [-0.15, -0.1) is 0 Å². The molecule has 0 bridgehead atoms. The van der Waals surface area contributed by atoms with Gasteiger partial charge in [0.1, 0.15) is 0 Å². The van der Waals surface area contributed by atoms with Crippen LogP contribution in [0.3, 0.4) is 0 Å². The van der Waals surface area contributed by atoms with Crippen molar-refractivity contribution < 1.29 is 4.74 Å². The van der Waals surface area contributed by atoms with Gasteiger partial charge in [0.05, 0.1) is 6.61 Å². The monoisotopic (exact) mass is 265 g/mol. The third-order valence-corrected chi connectivity index (χ3v) is 3.49. The van der Waals surface area contributed by atoms with E-state index < -0.39 is 0 Å². The second kappa shape index (κ2) is 6.54. The summed E-state index contributed by atoms with van der Waals surface area (Å²) in [6, 6.07) is 0.717. The molecular weight excluding hydrogens is 242 g/mol. The number of ether oxygens (including phenoxy) is 1. The first-order chi connectivity index (χ1) is 9.19. The molecule has 6 nitrogen and oxygen atoms in total. The summed E-state index contributed by atoms with van der Waals surface area (Å²) in [5.74, 6) is 1.36. The van der Waals surface area contributed by atoms with Crippen LogP contribution in [-0.2, 0) is 0 Å². The van der Waals surface area contributed by atoms with Crippen molar-refractivity contribution in [3.05, 3.63) is 0 Å². The smallest absolute Gasteiger partial charge is 0.323 e. The van der Waals surface area contributed by atoms with Crippen LogP contribution >= 0.6 is 0 Å². The molecule has 0 spiro atoms. The van der Waals surface area contributed by atoms with Crippen molar-refractivity contribution in [2.75, 3.05) is 17.7 Å². The number of rotatable bonds is 5. The van der Waals surface area contributed by atoms with Crippen LogP contribution < -0.4 is 15.8 Å². The van der Waals surface area contributed by atoms with E-state index in [4.69, 9.17) is 10.5 Å². The van der Waals surface area contributed by atoms with Crippen molar-refractivity contribution in [2.45, 2.75) is 52.0 Å². The Hall–Kier alpha value is -1.59. The minimum Gasteiger partial charge on any atom is -0.463 e. The fourth-order valence-electron chi connectivity index (χ4n) is 2.39. The molecule has 6 heteroatoms. The first-order valence-corrected chi connectivity index (χ1v) is 7.10. The summed E-state index contributed by atoms with van der Waals surface area (Å²) in [5, 5.41) is 3.37. The van der Waals surface area contributed by atoms with Crippen molar-refractivity contribution in [1.82, 2.24) is 15.0 Å². The Labute approximate surface area is 114 Å². The highest BCUT2D eigenvalue weighted by Crippen LogP contribution is 2.26. The predicted octanol–water partition coefficient (Wildman–Crippen LogP) is 2.23. The van der Waals surface area contributed by atoms with Crippen molar-refractivity contribution in [3.63, 3.8) is 0 Å². The van der Waals surface area contributed by atoms with E-state index in [0.717, 1.165) is 12.8 Å². The van der Waals surface area contributed by atoms with E-state index in [1.165, 1.54) is 19.3 Å². The van der Waals surface area contributed by atoms with E-state index >= 15 is 0 Å². The lowest BCUT2D eigenvalue weighted by Gasteiger charge is -2.29. The van der Waals surface area contributed by atoms with Crippen LogP contribution in [0.15, 0.2) is 0 Å². The summed E-state index contributed by atoms with van der Waals surface area (Å²) in [6.45, 7) is 4.88. The number of hydrogen-bond donors (Lipinski definition) is 2. The number of anilines is 2. The van der Waals surface area contributed by atoms with Crippen LogP contribution in [0.4, 0.5) is 11.9 Å². The molecule has 1 aliphatic carbocycles. The highest BCUT2D eigenvalue weighted by Gasteiger charge is 2.22. The highest BCUT2D eigenvalue weighted by molar-refractivity contribution is 5.33. The topological polar surface area (TPSA) is 86.0 Å². The molecule has 0 saturated heterocycles. The molecule has 106 valence electrons. The van der Waals surface area contributed by atoms with Crippen LogP contribution in [-0.4, -0.2) is 27.6 Å². The number of aromatic nitrogens is 3. The number of nitrogens with two attached hydrogens (primary N) is 1. The maximum Gasteiger partial charge on any atom is 0.323 e. The zero-order valence-electron chi connectivity index (χ0n) is 11.7. The van der Waals surface area contributed by atoms with Crippen LogP contribution in [0.25, 0.3) is 0 Å². The standard InChI is InChI=1S/C13H23N5O/c1-3-8-19-13-17-11(14)16-12(18-13)15-10-7-5-4-6-9(10)2/h9-10H,3-8H2,1-2H3,(H3,14,15,16,17,18). The number of nitrogen functional groups attached to an aromatic ring is 1. The molecule has 3 N–H and O–H groups in total. The van der Waals surface area contributed by atoms with Gasteiger partial charge in [-0.1, -0.05) is 26.7 Å². The maximum absolute atomic E-state index is 5.69. The number of nitrogens with zero attached hydrogens (tertiary/aromatic N) is 3. The Morgan fingerprint density at radius 2 is 2.05 bits per heavy atom. The molecule has 1 heterocycles. The lowest BCUT2D eigenvalue weighted by molar-refractivity contribution is 0.291. The Morgan fingerprint density at radius 1 is 1.26 bits per heavy atom. The molecule has 0 aliphatic heterocycles. The molecule has 1 aromatic rings. The van der Waals surface area contributed by atoms with Gasteiger partial charge >= 0.3 is 6.01 Å². The molecule has 0 radical (unpaired) electrons. The molecule has 2 rings (SSSR count). The minimum absolute atomic E-state index is 0.201. The molecule has 1 fully saturated rings. The lowest BCUT2D eigenvalue weighted by Crippen LogP contribution is -2.31. The summed E-state index contributed by atoms with van der Waals surface area (Å²) >= 11 is 0. The van der Waals surface area contributed by atoms with Gasteiger partial charge in [0, 0.05) is 6.04 Å². The van der Waals surface area contributed by atoms with Crippen LogP contribution in [0.2, 0.25) is 0 Å². The highest BCUT2D eigenvalue weighted by atomic mass is 16.5. The zero-order valence-corrected chi connectivity index (χ0v) is 11.7. The van der Waals surface area contributed by atoms with E-state index in [1.54, 1.807) is 0 Å². The van der Waals surface area contributed by atoms with Gasteiger partial charge in [0.25, 0.3) is 0 Å². The Kier molecular flexibility index (Phi) is 4.76. The van der Waals surface area contributed by atoms with Gasteiger partial charge in [-0.05, 0) is 25.2 Å². The molecule has 0 aromatic carbocycles. The van der Waals surface area contributed by atoms with Crippen molar-refractivity contribution in [3.8, 4) is 6.01 Å². The average molecular weight is 265 g/mol. The van der Waals surface area contributed by atoms with Crippen LogP contribution in [0, 0.1) is 5.92 Å². The fraction of sp³-hybridized carbons (Fsp3) is 0.769. The quantitative estimate of drug-likeness (QED) is 0.849. The molecule has 1 aromatic heterocycles. The number of hydrogen-bond acceptors (Lipinski definition) is 6. The fourth-order valence-corrected chi connectivity index (χ4v) is 2.39. The van der Waals surface area contributed by atoms with Crippen LogP contribution in [0.5, 0.6) is 6.01 Å². The van der Waals surface area contributed by atoms with Gasteiger partial charge in [-0.3, -0.25) is 0 Å². The van der Waals surface area contributed by atoms with Gasteiger partial charge < -0.3 is 15.8 Å². The third kappa shape index (κ3) is 3.94. The average Bonchev–Trinajstić information content (AvgIpc) is 2.38. The Balaban J connectivity index is 2.04. The van der Waals surface area contributed by atoms with Gasteiger partial charge in [-0.25, -0.2) is 0 Å². The van der Waals surface area contributed by atoms with Gasteiger partial charge in [-0.2, -0.15) is 15.0 Å². The molecule has 1 aliphatic rings. The molecular formula is C13H23N5O. The maximum atomic E-state index is 5.69. The third-order valence-electron chi connectivity index (χ3n) is 3.49. The minimum atomic E-state index is 0.201. The first-order valence-electron chi connectivity index (χ1n) is 7.10.